The largest absolute Gasteiger partial charge is 0.744 e. The lowest BCUT2D eigenvalue weighted by molar-refractivity contribution is 0.453. The molecule has 0 amide bonds. The van der Waals surface area contributed by atoms with Crippen LogP contribution in [0.25, 0.3) is 0 Å². The van der Waals surface area contributed by atoms with Gasteiger partial charge in [0.25, 0.3) is 0 Å². The summed E-state index contributed by atoms with van der Waals surface area (Å²) in [5.41, 5.74) is 4.25. The molecule has 0 bridgehead atoms. The van der Waals surface area contributed by atoms with Gasteiger partial charge in [-0.25, -0.2) is 17.2 Å². The van der Waals surface area contributed by atoms with E-state index < -0.39 is 26.6 Å². The zero-order chi connectivity index (χ0) is 20.9. The summed E-state index contributed by atoms with van der Waals surface area (Å²) in [6, 6.07) is 17.0. The third-order valence-electron chi connectivity index (χ3n) is 4.01. The molecule has 0 spiro atoms. The van der Waals surface area contributed by atoms with Gasteiger partial charge in [0.15, 0.2) is 0 Å². The fraction of sp³-hybridized carbons (Fsp3) is 0.143. The monoisotopic (exact) mass is 422 g/mol. The summed E-state index contributed by atoms with van der Waals surface area (Å²) in [7, 11) is -4.61. The van der Waals surface area contributed by atoms with Crippen LogP contribution in [0.3, 0.4) is 0 Å². The molecule has 0 aliphatic carbocycles. The molecular weight excluding hydrogens is 401 g/mol. The van der Waals surface area contributed by atoms with Crippen LogP contribution in [0.5, 0.6) is 0 Å². The van der Waals surface area contributed by atoms with E-state index in [1.165, 1.54) is 22.0 Å². The Hall–Kier alpha value is -2.14. The molecule has 0 radical (unpaired) electrons. The first-order chi connectivity index (χ1) is 13.1. The molecule has 3 rings (SSSR count). The van der Waals surface area contributed by atoms with E-state index in [1.807, 2.05) is 0 Å². The third-order valence-corrected chi connectivity index (χ3v) is 6.80. The predicted molar refractivity (Wildman–Crippen MR) is 110 cm³/mol. The average molecular weight is 422 g/mol. The summed E-state index contributed by atoms with van der Waals surface area (Å²) >= 11 is 0. The van der Waals surface area contributed by atoms with E-state index in [1.54, 1.807) is 5.30 Å². The Morgan fingerprint density at radius 1 is 0.857 bits per heavy atom. The quantitative estimate of drug-likeness (QED) is 0.476. The lowest BCUT2D eigenvalue weighted by Crippen LogP contribution is -2.10. The smallest absolute Gasteiger partial charge is 0.143 e. The summed E-state index contributed by atoms with van der Waals surface area (Å²) in [4.78, 5) is -1.04. The van der Waals surface area contributed by atoms with Crippen LogP contribution in [0.15, 0.2) is 65.6 Å². The number of aryl methyl sites for hydroxylation is 3. The van der Waals surface area contributed by atoms with Gasteiger partial charge in [0.05, 0.1) is 24.1 Å². The Kier molecular flexibility index (Phi) is 7.41. The molecule has 0 aliphatic heterocycles. The van der Waals surface area contributed by atoms with Crippen molar-refractivity contribution in [2.75, 3.05) is 0 Å². The molecule has 0 heterocycles. The second-order valence-electron chi connectivity index (χ2n) is 6.40. The second kappa shape index (κ2) is 9.37. The van der Waals surface area contributed by atoms with Crippen molar-refractivity contribution in [2.24, 2.45) is 0 Å². The third kappa shape index (κ3) is 6.20. The fourth-order valence-electron chi connectivity index (χ4n) is 2.81. The number of hydrogen-bond acceptors (Lipinski definition) is 3. The fourth-order valence-corrected chi connectivity index (χ4v) is 4.72. The normalized spacial score (nSPS) is 11.4. The van der Waals surface area contributed by atoms with Gasteiger partial charge in [-0.1, -0.05) is 35.9 Å². The van der Waals surface area contributed by atoms with E-state index in [9.17, 15) is 21.8 Å². The van der Waals surface area contributed by atoms with Crippen LogP contribution in [0.2, 0.25) is 0 Å². The Bertz CT molecular complexity index is 1050. The Balaban J connectivity index is 0.000000209. The first-order valence-corrected chi connectivity index (χ1v) is 11.0. The lowest BCUT2D eigenvalue weighted by atomic mass is 10.1. The summed E-state index contributed by atoms with van der Waals surface area (Å²) in [5, 5.41) is 3.02. The van der Waals surface area contributed by atoms with E-state index in [0.717, 1.165) is 0 Å². The molecule has 7 heteroatoms. The number of benzene rings is 3. The van der Waals surface area contributed by atoms with Gasteiger partial charge in [-0.3, -0.25) is 0 Å². The van der Waals surface area contributed by atoms with Crippen LogP contribution in [0, 0.1) is 32.4 Å². The summed E-state index contributed by atoms with van der Waals surface area (Å²) in [6.45, 7) is 6.62. The van der Waals surface area contributed by atoms with Gasteiger partial charge in [-0.15, -0.1) is 0 Å². The molecule has 148 valence electrons. The number of halogens is 2. The molecule has 0 aromatic heterocycles. The molecule has 0 saturated heterocycles. The summed E-state index contributed by atoms with van der Waals surface area (Å²) in [6.07, 6.45) is 0. The van der Waals surface area contributed by atoms with Gasteiger partial charge in [-0.2, -0.15) is 0 Å². The van der Waals surface area contributed by atoms with Gasteiger partial charge < -0.3 is 4.55 Å². The lowest BCUT2D eigenvalue weighted by Gasteiger charge is -2.06. The highest BCUT2D eigenvalue weighted by Crippen LogP contribution is 2.18. The van der Waals surface area contributed by atoms with Crippen molar-refractivity contribution in [2.45, 2.75) is 25.7 Å². The Morgan fingerprint density at radius 3 is 1.93 bits per heavy atom. The van der Waals surface area contributed by atoms with Gasteiger partial charge >= 0.3 is 0 Å². The molecule has 28 heavy (non-hydrogen) atoms. The number of rotatable bonds is 3. The maximum atomic E-state index is 12.5. The maximum Gasteiger partial charge on any atom is 0.143 e. The highest BCUT2D eigenvalue weighted by atomic mass is 32.2. The molecular formula is C21H21F2O3PS. The molecule has 3 nitrogen and oxygen atoms in total. The van der Waals surface area contributed by atoms with Crippen LogP contribution in [0.4, 0.5) is 8.78 Å². The molecule has 0 saturated carbocycles. The minimum atomic E-state index is -4.84. The molecule has 1 atom stereocenters. The zero-order valence-corrected chi connectivity index (χ0v) is 17.7. The summed E-state index contributed by atoms with van der Waals surface area (Å²) in [5.74, 6) is -2.30. The predicted octanol–water partition coefficient (Wildman–Crippen LogP) is 3.84. The van der Waals surface area contributed by atoms with Crippen LogP contribution in [-0.2, 0) is 10.1 Å². The Labute approximate surface area is 166 Å². The van der Waals surface area contributed by atoms with Crippen LogP contribution < -0.4 is 10.6 Å². The van der Waals surface area contributed by atoms with E-state index >= 15 is 0 Å². The molecule has 3 aromatic rings. The van der Waals surface area contributed by atoms with Crippen LogP contribution >= 0.6 is 8.58 Å². The van der Waals surface area contributed by atoms with E-state index in [0.29, 0.717) is 18.2 Å². The summed E-state index contributed by atoms with van der Waals surface area (Å²) < 4.78 is 55.5. The molecule has 0 fully saturated rings. The van der Waals surface area contributed by atoms with Gasteiger partial charge in [0, 0.05) is 6.07 Å². The molecule has 0 aliphatic rings. The van der Waals surface area contributed by atoms with Gasteiger partial charge in [-0.05, 0) is 56.2 Å². The second-order valence-corrected chi connectivity index (χ2v) is 9.28. The topological polar surface area (TPSA) is 57.2 Å². The van der Waals surface area contributed by atoms with E-state index in [-0.39, 0.29) is 8.58 Å². The van der Waals surface area contributed by atoms with Crippen molar-refractivity contribution in [3.8, 4) is 0 Å². The maximum absolute atomic E-state index is 12.5. The van der Waals surface area contributed by atoms with Crippen LogP contribution in [0.1, 0.15) is 16.7 Å². The average Bonchev–Trinajstić information content (AvgIpc) is 2.58. The van der Waals surface area contributed by atoms with Crippen molar-refractivity contribution < 1.29 is 21.8 Å². The highest BCUT2D eigenvalue weighted by molar-refractivity contribution is 7.85. The van der Waals surface area contributed by atoms with Crippen molar-refractivity contribution >= 4 is 29.3 Å². The van der Waals surface area contributed by atoms with E-state index in [2.05, 4.69) is 63.2 Å². The molecule has 3 aromatic carbocycles. The standard InChI is InChI=1S/C15H17P.C6H4F2O3S/c1-11-9-12(2)15(13(3)10-11)16-14-7-5-4-6-8-14;7-4-1-2-6(5(8)3-4)12(9,10)11/h4-10,16H,1-3H3;1-3H,(H,9,10,11). The Morgan fingerprint density at radius 2 is 1.43 bits per heavy atom. The molecule has 0 N–H and O–H groups in total. The van der Waals surface area contributed by atoms with Crippen molar-refractivity contribution in [1.29, 1.82) is 0 Å². The van der Waals surface area contributed by atoms with Crippen LogP contribution in [-0.4, -0.2) is 13.0 Å². The van der Waals surface area contributed by atoms with Crippen molar-refractivity contribution in [1.82, 2.24) is 0 Å². The SMILES string of the molecule is Cc1cc(C)c([PH2+]c2ccccc2)c(C)c1.O=S(=O)([O-])c1ccc(F)cc1F. The minimum absolute atomic E-state index is 0.231. The first kappa shape index (κ1) is 22.2. The minimum Gasteiger partial charge on any atom is -0.744 e. The highest BCUT2D eigenvalue weighted by Gasteiger charge is 2.11. The van der Waals surface area contributed by atoms with Gasteiger partial charge in [0.2, 0.25) is 0 Å². The molecule has 1 unspecified atom stereocenters. The number of hydrogen-bond donors (Lipinski definition) is 0. The van der Waals surface area contributed by atoms with Crippen molar-refractivity contribution in [3.05, 3.63) is 89.0 Å². The van der Waals surface area contributed by atoms with Crippen molar-refractivity contribution in [3.63, 3.8) is 0 Å². The zero-order valence-electron chi connectivity index (χ0n) is 15.7. The van der Waals surface area contributed by atoms with E-state index in [4.69, 9.17) is 0 Å². The first-order valence-electron chi connectivity index (χ1n) is 8.46. The van der Waals surface area contributed by atoms with Gasteiger partial charge in [0.1, 0.15) is 21.8 Å².